The van der Waals surface area contributed by atoms with Crippen molar-refractivity contribution in [2.24, 2.45) is 0 Å². The molecule has 0 saturated carbocycles. The molecule has 0 aliphatic heterocycles. The maximum atomic E-state index is 15.8. The minimum absolute atomic E-state index is 0.0851. The first kappa shape index (κ1) is 24.3. The molecule has 0 saturated heterocycles. The second-order valence-electron chi connectivity index (χ2n) is 8.26. The Labute approximate surface area is 218 Å². The van der Waals surface area contributed by atoms with Gasteiger partial charge in [-0.2, -0.15) is 13.9 Å². The van der Waals surface area contributed by atoms with Crippen LogP contribution >= 0.6 is 27.5 Å². The Bertz CT molecular complexity index is 1530. The molecule has 0 bridgehead atoms. The van der Waals surface area contributed by atoms with E-state index in [1.165, 1.54) is 12.1 Å². The summed E-state index contributed by atoms with van der Waals surface area (Å²) in [7, 11) is 1.56. The quantitative estimate of drug-likeness (QED) is 0.239. The molecule has 0 fully saturated rings. The first-order valence-corrected chi connectivity index (χ1v) is 12.1. The van der Waals surface area contributed by atoms with E-state index in [1.807, 2.05) is 19.1 Å². The Kier molecular flexibility index (Phi) is 6.48. The fraction of sp³-hybridized carbons (Fsp3) is 0.200. The highest BCUT2D eigenvalue weighted by Gasteiger charge is 2.40. The molecular formula is C25H20BrClF2N6O. The zero-order chi connectivity index (χ0) is 25.4. The molecule has 0 atom stereocenters. The highest BCUT2D eigenvalue weighted by Crippen LogP contribution is 2.37. The van der Waals surface area contributed by atoms with E-state index in [-0.39, 0.29) is 12.1 Å². The van der Waals surface area contributed by atoms with Crippen LogP contribution in [0.2, 0.25) is 5.02 Å². The Morgan fingerprint density at radius 3 is 2.53 bits per heavy atom. The summed E-state index contributed by atoms with van der Waals surface area (Å²) in [5.41, 5.74) is 2.62. The van der Waals surface area contributed by atoms with Crippen LogP contribution in [0, 0.1) is 6.92 Å². The van der Waals surface area contributed by atoms with Crippen molar-refractivity contribution in [3.63, 3.8) is 0 Å². The molecule has 7 nitrogen and oxygen atoms in total. The van der Waals surface area contributed by atoms with Gasteiger partial charge in [0.15, 0.2) is 0 Å². The zero-order valence-corrected chi connectivity index (χ0v) is 21.6. The molecule has 0 spiro atoms. The molecule has 0 N–H and O–H groups in total. The molecule has 11 heteroatoms. The molecule has 0 aliphatic rings. The first-order chi connectivity index (χ1) is 17.3. The number of tetrazole rings is 1. The fourth-order valence-corrected chi connectivity index (χ4v) is 4.90. The van der Waals surface area contributed by atoms with Crippen LogP contribution in [0.3, 0.4) is 0 Å². The SMILES string of the molecule is COc1ccc(Cn2nnnc2C(F)(F)c2ccc3c(C)nn(Cc4c(Cl)cccc4Br)c3c2)cc1. The first-order valence-electron chi connectivity index (χ1n) is 11.0. The molecule has 0 aliphatic carbocycles. The molecule has 184 valence electrons. The van der Waals surface area contributed by atoms with Crippen LogP contribution in [0.15, 0.2) is 65.1 Å². The van der Waals surface area contributed by atoms with Gasteiger partial charge in [-0.05, 0) is 53.2 Å². The highest BCUT2D eigenvalue weighted by atomic mass is 79.9. The molecule has 5 rings (SSSR count). The van der Waals surface area contributed by atoms with Gasteiger partial charge >= 0.3 is 5.92 Å². The number of aromatic nitrogens is 6. The number of hydrogen-bond donors (Lipinski definition) is 0. The van der Waals surface area contributed by atoms with Gasteiger partial charge in [-0.3, -0.25) is 4.68 Å². The fourth-order valence-electron chi connectivity index (χ4n) is 4.06. The molecule has 3 aromatic carbocycles. The van der Waals surface area contributed by atoms with E-state index in [0.717, 1.165) is 31.4 Å². The van der Waals surface area contributed by atoms with E-state index < -0.39 is 11.7 Å². The van der Waals surface area contributed by atoms with Crippen LogP contribution in [-0.4, -0.2) is 37.1 Å². The predicted molar refractivity (Wildman–Crippen MR) is 136 cm³/mol. The van der Waals surface area contributed by atoms with E-state index in [2.05, 4.69) is 36.6 Å². The van der Waals surface area contributed by atoms with E-state index >= 15 is 8.78 Å². The van der Waals surface area contributed by atoms with Crippen molar-refractivity contribution < 1.29 is 13.5 Å². The van der Waals surface area contributed by atoms with Gasteiger partial charge in [-0.1, -0.05) is 57.9 Å². The zero-order valence-electron chi connectivity index (χ0n) is 19.3. The van der Waals surface area contributed by atoms with Gasteiger partial charge in [0.1, 0.15) is 5.75 Å². The van der Waals surface area contributed by atoms with Gasteiger partial charge in [0.25, 0.3) is 0 Å². The third-order valence-corrected chi connectivity index (χ3v) is 7.07. The van der Waals surface area contributed by atoms with Crippen LogP contribution in [0.4, 0.5) is 8.78 Å². The van der Waals surface area contributed by atoms with Crippen molar-refractivity contribution in [1.82, 2.24) is 30.0 Å². The second kappa shape index (κ2) is 9.59. The summed E-state index contributed by atoms with van der Waals surface area (Å²) in [5, 5.41) is 16.9. The minimum atomic E-state index is -3.45. The van der Waals surface area contributed by atoms with E-state index in [9.17, 15) is 0 Å². The molecular weight excluding hydrogens is 554 g/mol. The summed E-state index contributed by atoms with van der Waals surface area (Å²) >= 11 is 9.90. The van der Waals surface area contributed by atoms with Gasteiger partial charge < -0.3 is 4.74 Å². The maximum absolute atomic E-state index is 15.8. The lowest BCUT2D eigenvalue weighted by molar-refractivity contribution is 0.0281. The molecule has 0 amide bonds. The van der Waals surface area contributed by atoms with Crippen molar-refractivity contribution in [2.45, 2.75) is 25.9 Å². The number of ether oxygens (including phenoxy) is 1. The Balaban J connectivity index is 1.51. The summed E-state index contributed by atoms with van der Waals surface area (Å²) < 4.78 is 40.3. The summed E-state index contributed by atoms with van der Waals surface area (Å²) in [4.78, 5) is 0. The summed E-state index contributed by atoms with van der Waals surface area (Å²) in [5.74, 6) is -3.32. The van der Waals surface area contributed by atoms with Crippen molar-refractivity contribution in [3.05, 3.63) is 98.4 Å². The molecule has 2 aromatic heterocycles. The van der Waals surface area contributed by atoms with Gasteiger partial charge in [-0.25, -0.2) is 4.68 Å². The summed E-state index contributed by atoms with van der Waals surface area (Å²) in [6.07, 6.45) is 0. The number of hydrogen-bond acceptors (Lipinski definition) is 5. The smallest absolute Gasteiger partial charge is 0.333 e. The lowest BCUT2D eigenvalue weighted by Crippen LogP contribution is -2.23. The van der Waals surface area contributed by atoms with E-state index in [0.29, 0.717) is 22.8 Å². The third-order valence-electron chi connectivity index (χ3n) is 5.97. The number of methoxy groups -OCH3 is 1. The van der Waals surface area contributed by atoms with Crippen LogP contribution in [-0.2, 0) is 19.0 Å². The number of benzene rings is 3. The van der Waals surface area contributed by atoms with Crippen molar-refractivity contribution in [3.8, 4) is 5.75 Å². The van der Waals surface area contributed by atoms with Crippen LogP contribution < -0.4 is 4.74 Å². The van der Waals surface area contributed by atoms with E-state index in [1.54, 1.807) is 48.2 Å². The maximum Gasteiger partial charge on any atom is 0.333 e. The van der Waals surface area contributed by atoms with Crippen molar-refractivity contribution in [1.29, 1.82) is 0 Å². The van der Waals surface area contributed by atoms with E-state index in [4.69, 9.17) is 16.3 Å². The average molecular weight is 574 g/mol. The minimum Gasteiger partial charge on any atom is -0.497 e. The van der Waals surface area contributed by atoms with Crippen molar-refractivity contribution in [2.75, 3.05) is 7.11 Å². The van der Waals surface area contributed by atoms with Gasteiger partial charge in [-0.15, -0.1) is 5.10 Å². The Morgan fingerprint density at radius 1 is 1.03 bits per heavy atom. The summed E-state index contributed by atoms with van der Waals surface area (Å²) in [6, 6.07) is 17.0. The number of alkyl halides is 2. The number of aryl methyl sites for hydroxylation is 1. The second-order valence-corrected chi connectivity index (χ2v) is 9.52. The topological polar surface area (TPSA) is 70.7 Å². The molecule has 0 unspecified atom stereocenters. The van der Waals surface area contributed by atoms with Crippen LogP contribution in [0.25, 0.3) is 10.9 Å². The number of fused-ring (bicyclic) bond motifs is 1. The monoisotopic (exact) mass is 572 g/mol. The highest BCUT2D eigenvalue weighted by molar-refractivity contribution is 9.10. The number of halogens is 4. The van der Waals surface area contributed by atoms with Gasteiger partial charge in [0.05, 0.1) is 31.4 Å². The molecule has 2 heterocycles. The lowest BCUT2D eigenvalue weighted by atomic mass is 10.0. The Morgan fingerprint density at radius 2 is 1.81 bits per heavy atom. The van der Waals surface area contributed by atoms with Crippen LogP contribution in [0.5, 0.6) is 5.75 Å². The number of rotatable bonds is 7. The summed E-state index contributed by atoms with van der Waals surface area (Å²) in [6.45, 7) is 2.24. The standard InChI is InChI=1S/C25H20BrClF2N6O/c1-15-19-11-8-17(12-23(19)34(31-15)14-20-21(26)4-3-5-22(20)27)25(28,29)24-30-32-33-35(24)13-16-6-9-18(36-2)10-7-16/h3-12H,13-14H2,1-2H3. The largest absolute Gasteiger partial charge is 0.497 e. The molecule has 0 radical (unpaired) electrons. The molecule has 5 aromatic rings. The average Bonchev–Trinajstić information content (AvgIpc) is 3.46. The third kappa shape index (κ3) is 4.46. The van der Waals surface area contributed by atoms with Crippen LogP contribution in [0.1, 0.15) is 28.2 Å². The molecule has 36 heavy (non-hydrogen) atoms. The Hall–Kier alpha value is -3.37. The lowest BCUT2D eigenvalue weighted by Gasteiger charge is -2.17. The predicted octanol–water partition coefficient (Wildman–Crippen LogP) is 5.99. The van der Waals surface area contributed by atoms with Gasteiger partial charge in [0.2, 0.25) is 5.82 Å². The van der Waals surface area contributed by atoms with Crippen molar-refractivity contribution >= 4 is 38.4 Å². The normalized spacial score (nSPS) is 11.8. The van der Waals surface area contributed by atoms with Gasteiger partial charge in [0, 0.05) is 26.0 Å². The number of nitrogens with zero attached hydrogens (tertiary/aromatic N) is 6.